The summed E-state index contributed by atoms with van der Waals surface area (Å²) >= 11 is 6.38. The van der Waals surface area contributed by atoms with Crippen LogP contribution in [0.1, 0.15) is 56.5 Å². The summed E-state index contributed by atoms with van der Waals surface area (Å²) in [5.41, 5.74) is 1.86. The maximum absolute atomic E-state index is 12.7. The van der Waals surface area contributed by atoms with Gasteiger partial charge >= 0.3 is 0 Å². The molecule has 0 aliphatic carbocycles. The smallest absolute Gasteiger partial charge is 0.255 e. The molecule has 168 valence electrons. The van der Waals surface area contributed by atoms with E-state index in [0.717, 1.165) is 18.4 Å². The molecule has 0 radical (unpaired) electrons. The molecule has 6 nitrogen and oxygen atoms in total. The van der Waals surface area contributed by atoms with Gasteiger partial charge in [-0.2, -0.15) is 0 Å². The molecule has 0 aliphatic rings. The summed E-state index contributed by atoms with van der Waals surface area (Å²) in [6, 6.07) is 10.5. The number of amides is 2. The number of nitrogens with one attached hydrogen (secondary N) is 2. The van der Waals surface area contributed by atoms with Crippen LogP contribution in [0.5, 0.6) is 11.5 Å². The van der Waals surface area contributed by atoms with E-state index < -0.39 is 0 Å². The molecule has 2 amide bonds. The van der Waals surface area contributed by atoms with Crippen LogP contribution in [-0.4, -0.2) is 31.1 Å². The predicted octanol–water partition coefficient (Wildman–Crippen LogP) is 5.24. The third kappa shape index (κ3) is 7.79. The Kier molecular flexibility index (Phi) is 9.66. The Hall–Kier alpha value is -2.73. The number of ether oxygens (including phenoxy) is 2. The molecule has 0 bridgehead atoms. The molecule has 2 aromatic carbocycles. The van der Waals surface area contributed by atoms with Gasteiger partial charge in [-0.15, -0.1) is 0 Å². The minimum absolute atomic E-state index is 0.0360. The first-order chi connectivity index (χ1) is 14.8. The van der Waals surface area contributed by atoms with Crippen molar-refractivity contribution in [3.05, 3.63) is 52.5 Å². The zero-order chi connectivity index (χ0) is 22.8. The summed E-state index contributed by atoms with van der Waals surface area (Å²) in [5.74, 6) is 0.555. The van der Waals surface area contributed by atoms with Crippen molar-refractivity contribution in [2.24, 2.45) is 0 Å². The van der Waals surface area contributed by atoms with E-state index in [0.29, 0.717) is 47.4 Å². The Bertz CT molecular complexity index is 882. The Morgan fingerprint density at radius 3 is 2.39 bits per heavy atom. The molecule has 0 atom stereocenters. The van der Waals surface area contributed by atoms with E-state index in [1.54, 1.807) is 24.3 Å². The second-order valence-electron chi connectivity index (χ2n) is 7.47. The molecule has 31 heavy (non-hydrogen) atoms. The van der Waals surface area contributed by atoms with Crippen LogP contribution in [0.2, 0.25) is 5.02 Å². The Morgan fingerprint density at radius 1 is 1.06 bits per heavy atom. The number of benzene rings is 2. The molecule has 0 saturated carbocycles. The average Bonchev–Trinajstić information content (AvgIpc) is 2.70. The largest absolute Gasteiger partial charge is 0.490 e. The van der Waals surface area contributed by atoms with Crippen LogP contribution in [-0.2, 0) is 11.2 Å². The summed E-state index contributed by atoms with van der Waals surface area (Å²) < 4.78 is 11.4. The van der Waals surface area contributed by atoms with Gasteiger partial charge in [-0.05, 0) is 57.0 Å². The number of unbranched alkanes of at least 4 members (excludes halogenated alkanes) is 1. The molecule has 0 spiro atoms. The Balaban J connectivity index is 2.09. The number of hydrogen-bond donors (Lipinski definition) is 2. The van der Waals surface area contributed by atoms with Gasteiger partial charge in [0.05, 0.1) is 24.7 Å². The lowest BCUT2D eigenvalue weighted by Crippen LogP contribution is -2.31. The minimum atomic E-state index is -0.312. The van der Waals surface area contributed by atoms with E-state index in [4.69, 9.17) is 21.1 Å². The van der Waals surface area contributed by atoms with Gasteiger partial charge in [0.25, 0.3) is 5.91 Å². The van der Waals surface area contributed by atoms with E-state index >= 15 is 0 Å². The van der Waals surface area contributed by atoms with E-state index in [2.05, 4.69) is 17.6 Å². The van der Waals surface area contributed by atoms with E-state index in [1.165, 1.54) is 0 Å². The maximum Gasteiger partial charge on any atom is 0.255 e. The molecular weight excluding hydrogens is 416 g/mol. The SMILES string of the molecule is CCCCOc1c(Cl)cc(C(=O)Nc2ccc(CC(=O)NC(C)C)cc2)cc1OCC. The van der Waals surface area contributed by atoms with Crippen molar-refractivity contribution in [3.63, 3.8) is 0 Å². The number of hydrogen-bond acceptors (Lipinski definition) is 4. The molecule has 0 unspecified atom stereocenters. The molecule has 0 aliphatic heterocycles. The summed E-state index contributed by atoms with van der Waals surface area (Å²) in [5, 5.41) is 6.03. The second-order valence-corrected chi connectivity index (χ2v) is 7.88. The third-order valence-corrected chi connectivity index (χ3v) is 4.62. The number of anilines is 1. The zero-order valence-corrected chi connectivity index (χ0v) is 19.3. The molecule has 0 aromatic heterocycles. The molecule has 0 saturated heterocycles. The van der Waals surface area contributed by atoms with Crippen LogP contribution < -0.4 is 20.1 Å². The van der Waals surface area contributed by atoms with Crippen molar-refractivity contribution in [3.8, 4) is 11.5 Å². The molecule has 0 fully saturated rings. The van der Waals surface area contributed by atoms with Crippen molar-refractivity contribution >= 4 is 29.1 Å². The first kappa shape index (κ1) is 24.5. The second kappa shape index (κ2) is 12.2. The van der Waals surface area contributed by atoms with E-state index in [9.17, 15) is 9.59 Å². The summed E-state index contributed by atoms with van der Waals surface area (Å²) in [4.78, 5) is 24.6. The first-order valence-corrected chi connectivity index (χ1v) is 11.0. The van der Waals surface area contributed by atoms with Gasteiger partial charge in [0.1, 0.15) is 0 Å². The lowest BCUT2D eigenvalue weighted by Gasteiger charge is -2.15. The van der Waals surface area contributed by atoms with Gasteiger partial charge in [0.15, 0.2) is 11.5 Å². The van der Waals surface area contributed by atoms with Gasteiger partial charge in [0, 0.05) is 17.3 Å². The summed E-state index contributed by atoms with van der Waals surface area (Å²) in [6.07, 6.45) is 2.20. The average molecular weight is 447 g/mol. The highest BCUT2D eigenvalue weighted by molar-refractivity contribution is 6.32. The van der Waals surface area contributed by atoms with Gasteiger partial charge < -0.3 is 20.1 Å². The monoisotopic (exact) mass is 446 g/mol. The van der Waals surface area contributed by atoms with Gasteiger partial charge in [0.2, 0.25) is 5.91 Å². The van der Waals surface area contributed by atoms with Crippen LogP contribution in [0.15, 0.2) is 36.4 Å². The predicted molar refractivity (Wildman–Crippen MR) is 124 cm³/mol. The molecular formula is C24H31ClN2O4. The molecule has 2 N–H and O–H groups in total. The standard InChI is InChI=1S/C24H31ClN2O4/c1-5-7-12-31-23-20(25)14-18(15-21(23)30-6-2)24(29)27-19-10-8-17(9-11-19)13-22(28)26-16(3)4/h8-11,14-16H,5-7,12-13H2,1-4H3,(H,26,28)(H,27,29). The van der Waals surface area contributed by atoms with Crippen LogP contribution in [0.4, 0.5) is 5.69 Å². The summed E-state index contributed by atoms with van der Waals surface area (Å²) in [6.45, 7) is 8.74. The number of rotatable bonds is 11. The van der Waals surface area contributed by atoms with Crippen LogP contribution in [0, 0.1) is 0 Å². The van der Waals surface area contributed by atoms with E-state index in [-0.39, 0.29) is 17.9 Å². The van der Waals surface area contributed by atoms with Crippen LogP contribution in [0.25, 0.3) is 0 Å². The van der Waals surface area contributed by atoms with Crippen molar-refractivity contribution in [1.82, 2.24) is 5.32 Å². The fourth-order valence-corrected chi connectivity index (χ4v) is 3.15. The lowest BCUT2D eigenvalue weighted by molar-refractivity contribution is -0.120. The molecule has 2 rings (SSSR count). The number of carbonyl (C=O) groups excluding carboxylic acids is 2. The van der Waals surface area contributed by atoms with E-state index in [1.807, 2.05) is 32.9 Å². The minimum Gasteiger partial charge on any atom is -0.490 e. The van der Waals surface area contributed by atoms with Crippen molar-refractivity contribution in [2.75, 3.05) is 18.5 Å². The topological polar surface area (TPSA) is 76.7 Å². The van der Waals surface area contributed by atoms with Crippen molar-refractivity contribution in [1.29, 1.82) is 0 Å². The van der Waals surface area contributed by atoms with Crippen LogP contribution >= 0.6 is 11.6 Å². The maximum atomic E-state index is 12.7. The highest BCUT2D eigenvalue weighted by Crippen LogP contribution is 2.37. The zero-order valence-electron chi connectivity index (χ0n) is 18.6. The lowest BCUT2D eigenvalue weighted by atomic mass is 10.1. The summed E-state index contributed by atoms with van der Waals surface area (Å²) in [7, 11) is 0. The van der Waals surface area contributed by atoms with Gasteiger partial charge in [-0.25, -0.2) is 0 Å². The normalized spacial score (nSPS) is 10.6. The number of halogens is 1. The molecule has 7 heteroatoms. The number of carbonyl (C=O) groups is 2. The first-order valence-electron chi connectivity index (χ1n) is 10.6. The highest BCUT2D eigenvalue weighted by atomic mass is 35.5. The van der Waals surface area contributed by atoms with Crippen molar-refractivity contribution in [2.45, 2.75) is 53.0 Å². The Morgan fingerprint density at radius 2 is 1.77 bits per heavy atom. The van der Waals surface area contributed by atoms with Crippen LogP contribution in [0.3, 0.4) is 0 Å². The van der Waals surface area contributed by atoms with Crippen molar-refractivity contribution < 1.29 is 19.1 Å². The molecule has 0 heterocycles. The van der Waals surface area contributed by atoms with Gasteiger partial charge in [-0.1, -0.05) is 37.1 Å². The molecule has 2 aromatic rings. The Labute approximate surface area is 189 Å². The third-order valence-electron chi connectivity index (χ3n) is 4.34. The quantitative estimate of drug-likeness (QED) is 0.463. The highest BCUT2D eigenvalue weighted by Gasteiger charge is 2.17. The fraction of sp³-hybridized carbons (Fsp3) is 0.417. The fourth-order valence-electron chi connectivity index (χ4n) is 2.89. The van der Waals surface area contributed by atoms with Gasteiger partial charge in [-0.3, -0.25) is 9.59 Å².